The zero-order valence-corrected chi connectivity index (χ0v) is 23.9. The number of aromatic nitrogens is 1. The summed E-state index contributed by atoms with van der Waals surface area (Å²) in [4.78, 5) is 30.3. The van der Waals surface area contributed by atoms with Gasteiger partial charge in [0.1, 0.15) is 25.6 Å². The van der Waals surface area contributed by atoms with E-state index in [1.54, 1.807) is 13.2 Å². The van der Waals surface area contributed by atoms with Crippen molar-refractivity contribution in [2.45, 2.75) is 58.3 Å². The van der Waals surface area contributed by atoms with E-state index in [1.165, 1.54) is 0 Å². The Kier molecular flexibility index (Phi) is 8.21. The van der Waals surface area contributed by atoms with Gasteiger partial charge in [0, 0.05) is 49.9 Å². The first-order valence-electron chi connectivity index (χ1n) is 14.0. The molecule has 2 aliphatic heterocycles. The summed E-state index contributed by atoms with van der Waals surface area (Å²) in [6, 6.07) is 15.0. The molecule has 3 heterocycles. The molecule has 1 fully saturated rings. The molecule has 1 amide bonds. The highest BCUT2D eigenvalue weighted by Crippen LogP contribution is 2.31. The number of likely N-dealkylation sites (tertiary alicyclic amines) is 1. The van der Waals surface area contributed by atoms with Crippen molar-refractivity contribution < 1.29 is 23.7 Å². The van der Waals surface area contributed by atoms with Gasteiger partial charge in [0.05, 0.1) is 12.6 Å². The van der Waals surface area contributed by atoms with Gasteiger partial charge in [0.25, 0.3) is 5.56 Å². The fourth-order valence-electron chi connectivity index (χ4n) is 5.63. The van der Waals surface area contributed by atoms with Crippen LogP contribution in [0.2, 0.25) is 0 Å². The van der Waals surface area contributed by atoms with Gasteiger partial charge in [-0.2, -0.15) is 0 Å². The molecule has 0 aliphatic carbocycles. The van der Waals surface area contributed by atoms with Crippen molar-refractivity contribution in [1.29, 1.82) is 0 Å². The molecule has 0 unspecified atom stereocenters. The highest BCUT2D eigenvalue weighted by atomic mass is 16.6. The van der Waals surface area contributed by atoms with Crippen LogP contribution in [0.1, 0.15) is 39.2 Å². The molecular formula is C31H39N3O6. The Morgan fingerprint density at radius 1 is 0.975 bits per heavy atom. The van der Waals surface area contributed by atoms with Gasteiger partial charge in [0.15, 0.2) is 11.5 Å². The molecule has 0 atom stereocenters. The average Bonchev–Trinajstić information content (AvgIpc) is 2.95. The van der Waals surface area contributed by atoms with Crippen molar-refractivity contribution in [3.8, 4) is 17.2 Å². The molecule has 1 aromatic heterocycles. The first-order chi connectivity index (χ1) is 19.2. The predicted molar refractivity (Wildman–Crippen MR) is 153 cm³/mol. The lowest BCUT2D eigenvalue weighted by atomic mass is 9.97. The molecule has 2 aromatic carbocycles. The van der Waals surface area contributed by atoms with Crippen molar-refractivity contribution in [2.24, 2.45) is 0 Å². The fourth-order valence-corrected chi connectivity index (χ4v) is 5.63. The Balaban J connectivity index is 1.19. The third kappa shape index (κ3) is 6.20. The van der Waals surface area contributed by atoms with Crippen LogP contribution in [0.3, 0.4) is 0 Å². The number of rotatable bonds is 7. The van der Waals surface area contributed by atoms with E-state index in [1.807, 2.05) is 72.7 Å². The number of piperidine rings is 1. The Morgan fingerprint density at radius 3 is 2.42 bits per heavy atom. The molecule has 9 heteroatoms. The molecule has 0 radical (unpaired) electrons. The topological polar surface area (TPSA) is 82.5 Å². The molecule has 0 N–H and O–H groups in total. The van der Waals surface area contributed by atoms with Crippen LogP contribution in [0.15, 0.2) is 53.3 Å². The van der Waals surface area contributed by atoms with Crippen LogP contribution >= 0.6 is 0 Å². The third-order valence-corrected chi connectivity index (χ3v) is 7.65. The van der Waals surface area contributed by atoms with Crippen LogP contribution in [-0.2, 0) is 17.9 Å². The molecule has 0 spiro atoms. The van der Waals surface area contributed by atoms with E-state index in [0.717, 1.165) is 60.4 Å². The minimum atomic E-state index is -0.383. The number of ether oxygens (including phenoxy) is 4. The monoisotopic (exact) mass is 549 g/mol. The number of benzene rings is 2. The van der Waals surface area contributed by atoms with Gasteiger partial charge in [-0.1, -0.05) is 6.07 Å². The summed E-state index contributed by atoms with van der Waals surface area (Å²) in [5.74, 6) is 2.13. The summed E-state index contributed by atoms with van der Waals surface area (Å²) in [6.07, 6.45) is 1.38. The summed E-state index contributed by atoms with van der Waals surface area (Å²) in [5, 5.41) is 1.01. The second-order valence-corrected chi connectivity index (χ2v) is 11.4. The molecule has 3 aromatic rings. The minimum absolute atomic E-state index is 0.0182. The third-order valence-electron chi connectivity index (χ3n) is 7.65. The van der Waals surface area contributed by atoms with Crippen molar-refractivity contribution in [1.82, 2.24) is 14.4 Å². The summed E-state index contributed by atoms with van der Waals surface area (Å²) < 4.78 is 24.2. The lowest BCUT2D eigenvalue weighted by Crippen LogP contribution is -2.55. The van der Waals surface area contributed by atoms with E-state index in [0.29, 0.717) is 25.5 Å². The average molecular weight is 550 g/mol. The van der Waals surface area contributed by atoms with Gasteiger partial charge in [-0.25, -0.2) is 4.79 Å². The quantitative estimate of drug-likeness (QED) is 0.423. The number of carbonyl (C=O) groups is 1. The summed E-state index contributed by atoms with van der Waals surface area (Å²) in [5.41, 5.74) is 1.34. The van der Waals surface area contributed by atoms with Gasteiger partial charge in [-0.05, 0) is 74.9 Å². The summed E-state index contributed by atoms with van der Waals surface area (Å²) >= 11 is 0. The Bertz CT molecular complexity index is 1400. The van der Waals surface area contributed by atoms with E-state index >= 15 is 0 Å². The zero-order valence-electron chi connectivity index (χ0n) is 23.9. The number of fused-ring (bicyclic) bond motifs is 2. The van der Waals surface area contributed by atoms with Gasteiger partial charge in [-0.3, -0.25) is 4.79 Å². The van der Waals surface area contributed by atoms with Crippen molar-refractivity contribution in [3.63, 3.8) is 0 Å². The molecule has 1 saturated heterocycles. The highest BCUT2D eigenvalue weighted by Gasteiger charge is 2.36. The number of hydrogen-bond acceptors (Lipinski definition) is 7. The second kappa shape index (κ2) is 11.8. The fraction of sp³-hybridized carbons (Fsp3) is 0.484. The maximum atomic E-state index is 13.3. The van der Waals surface area contributed by atoms with Gasteiger partial charge in [0.2, 0.25) is 0 Å². The molecule has 5 rings (SSSR count). The van der Waals surface area contributed by atoms with E-state index in [-0.39, 0.29) is 29.8 Å². The zero-order chi connectivity index (χ0) is 28.3. The maximum Gasteiger partial charge on any atom is 0.410 e. The van der Waals surface area contributed by atoms with E-state index in [9.17, 15) is 9.59 Å². The molecular weight excluding hydrogens is 510 g/mol. The van der Waals surface area contributed by atoms with E-state index < -0.39 is 0 Å². The number of nitrogens with zero attached hydrogens (tertiary/aromatic N) is 3. The first kappa shape index (κ1) is 27.8. The number of pyridine rings is 1. The number of carbonyl (C=O) groups excluding carboxylic acids is 1. The lowest BCUT2D eigenvalue weighted by molar-refractivity contribution is 0.0196. The largest absolute Gasteiger partial charge is 0.497 e. The summed E-state index contributed by atoms with van der Waals surface area (Å²) in [7, 11) is 1.63. The number of amides is 1. The van der Waals surface area contributed by atoms with Crippen molar-refractivity contribution in [3.05, 3.63) is 64.4 Å². The van der Waals surface area contributed by atoms with Crippen LogP contribution < -0.4 is 19.8 Å². The Hall–Kier alpha value is -3.72. The predicted octanol–water partition coefficient (Wildman–Crippen LogP) is 4.68. The van der Waals surface area contributed by atoms with Crippen LogP contribution in [0.25, 0.3) is 10.9 Å². The molecule has 40 heavy (non-hydrogen) atoms. The molecule has 0 bridgehead atoms. The normalized spacial score (nSPS) is 16.1. The summed E-state index contributed by atoms with van der Waals surface area (Å²) in [6.45, 7) is 10.4. The maximum absolute atomic E-state index is 13.3. The Labute approximate surface area is 235 Å². The smallest absolute Gasteiger partial charge is 0.410 e. The van der Waals surface area contributed by atoms with Crippen LogP contribution in [0, 0.1) is 0 Å². The van der Waals surface area contributed by atoms with Crippen molar-refractivity contribution in [2.75, 3.05) is 40.0 Å². The molecule has 214 valence electrons. The van der Waals surface area contributed by atoms with Gasteiger partial charge in [-0.15, -0.1) is 0 Å². The SMILES string of the molecule is COc1ccc2ccc(=O)n(CCN3CCC(N(C(=O)OCc4ccc5c(c4)OCCO5)C(C)(C)C)CC3)c2c1. The Morgan fingerprint density at radius 2 is 1.70 bits per heavy atom. The highest BCUT2D eigenvalue weighted by molar-refractivity contribution is 5.80. The van der Waals surface area contributed by atoms with Crippen LogP contribution in [-0.4, -0.2) is 72.0 Å². The number of methoxy groups -OCH3 is 1. The van der Waals surface area contributed by atoms with Crippen molar-refractivity contribution >= 4 is 17.0 Å². The molecule has 0 saturated carbocycles. The van der Waals surface area contributed by atoms with Crippen LogP contribution in [0.4, 0.5) is 4.79 Å². The first-order valence-corrected chi connectivity index (χ1v) is 14.0. The van der Waals surface area contributed by atoms with E-state index in [4.69, 9.17) is 18.9 Å². The van der Waals surface area contributed by atoms with Crippen LogP contribution in [0.5, 0.6) is 17.2 Å². The van der Waals surface area contributed by atoms with Gasteiger partial charge >= 0.3 is 6.09 Å². The second-order valence-electron chi connectivity index (χ2n) is 11.4. The van der Waals surface area contributed by atoms with Gasteiger partial charge < -0.3 is 33.3 Å². The van der Waals surface area contributed by atoms with E-state index in [2.05, 4.69) is 4.90 Å². The number of hydrogen-bond donors (Lipinski definition) is 0. The molecule has 2 aliphatic rings. The molecule has 9 nitrogen and oxygen atoms in total. The standard InChI is InChI=1S/C31H39N3O6/c1-31(2,3)34(30(36)40-21-22-5-9-27-28(19-22)39-18-17-38-27)24-11-13-32(14-12-24)15-16-33-26-20-25(37-4)8-6-23(26)7-10-29(33)35/h5-10,19-20,24H,11-18,21H2,1-4H3. The minimum Gasteiger partial charge on any atom is -0.497 e. The lowest BCUT2D eigenvalue weighted by Gasteiger charge is -2.44.